The third-order valence-corrected chi connectivity index (χ3v) is 5.15. The molecule has 1 N–H and O–H groups in total. The average molecular weight is 362 g/mol. The van der Waals surface area contributed by atoms with Crippen LogP contribution in [0.2, 0.25) is 0 Å². The van der Waals surface area contributed by atoms with Crippen molar-refractivity contribution in [3.05, 3.63) is 77.4 Å². The molecule has 0 saturated heterocycles. The summed E-state index contributed by atoms with van der Waals surface area (Å²) >= 11 is 0. The zero-order valence-electron chi connectivity index (χ0n) is 16.2. The molecule has 1 heterocycles. The van der Waals surface area contributed by atoms with Crippen molar-refractivity contribution >= 4 is 17.5 Å². The first-order valence-electron chi connectivity index (χ1n) is 9.27. The molecular weight excluding hydrogens is 336 g/mol. The van der Waals surface area contributed by atoms with E-state index in [0.29, 0.717) is 13.0 Å². The topological polar surface area (TPSA) is 49.4 Å². The molecule has 1 unspecified atom stereocenters. The molecule has 1 atom stereocenters. The molecule has 2 amide bonds. The van der Waals surface area contributed by atoms with Crippen LogP contribution in [0, 0.1) is 0 Å². The molecule has 0 spiro atoms. The molecule has 0 radical (unpaired) electrons. The summed E-state index contributed by atoms with van der Waals surface area (Å²) in [4.78, 5) is 27.8. The minimum Gasteiger partial charge on any atom is -0.359 e. The molecule has 0 saturated carbocycles. The molecular formula is C23H26N2O2. The number of hydrogen-bond acceptors (Lipinski definition) is 2. The van der Waals surface area contributed by atoms with E-state index in [1.807, 2.05) is 73.3 Å². The van der Waals surface area contributed by atoms with Crippen molar-refractivity contribution in [2.24, 2.45) is 0 Å². The quantitative estimate of drug-likeness (QED) is 0.791. The second-order valence-corrected chi connectivity index (χ2v) is 7.31. The number of allylic oxidation sites excluding steroid dienone is 2. The Bertz CT molecular complexity index is 869. The Labute approximate surface area is 160 Å². The van der Waals surface area contributed by atoms with Gasteiger partial charge in [-0.3, -0.25) is 9.59 Å². The first-order chi connectivity index (χ1) is 13.0. The second-order valence-electron chi connectivity index (χ2n) is 7.31. The lowest BCUT2D eigenvalue weighted by Crippen LogP contribution is -2.43. The van der Waals surface area contributed by atoms with Gasteiger partial charge in [0.25, 0.3) is 0 Å². The number of nitrogens with zero attached hydrogens (tertiary/aromatic N) is 1. The fourth-order valence-electron chi connectivity index (χ4n) is 3.70. The number of amides is 2. The van der Waals surface area contributed by atoms with Crippen molar-refractivity contribution in [3.63, 3.8) is 0 Å². The summed E-state index contributed by atoms with van der Waals surface area (Å²) in [5, 5.41) is 2.69. The van der Waals surface area contributed by atoms with Crippen molar-refractivity contribution < 1.29 is 9.59 Å². The Balaban J connectivity index is 2.08. The Morgan fingerprint density at radius 3 is 2.41 bits per heavy atom. The van der Waals surface area contributed by atoms with Crippen molar-refractivity contribution in [1.29, 1.82) is 0 Å². The number of rotatable bonds is 6. The van der Waals surface area contributed by atoms with Crippen LogP contribution in [0.25, 0.3) is 0 Å². The van der Waals surface area contributed by atoms with Crippen LogP contribution < -0.4 is 10.2 Å². The Morgan fingerprint density at radius 2 is 1.74 bits per heavy atom. The molecule has 0 fully saturated rings. The zero-order chi connectivity index (χ0) is 19.4. The van der Waals surface area contributed by atoms with Crippen molar-refractivity contribution in [3.8, 4) is 0 Å². The summed E-state index contributed by atoms with van der Waals surface area (Å²) in [5.74, 6) is -0.129. The summed E-state index contributed by atoms with van der Waals surface area (Å²) in [6.45, 7) is 4.53. The number of carbonyl (C=O) groups excluding carboxylic acids is 2. The van der Waals surface area contributed by atoms with Gasteiger partial charge in [0.1, 0.15) is 0 Å². The monoisotopic (exact) mass is 362 g/mol. The first-order valence-corrected chi connectivity index (χ1v) is 9.27. The van der Waals surface area contributed by atoms with Gasteiger partial charge in [-0.2, -0.15) is 0 Å². The third kappa shape index (κ3) is 3.65. The lowest BCUT2D eigenvalue weighted by molar-refractivity contribution is -0.129. The third-order valence-electron chi connectivity index (χ3n) is 5.15. The molecule has 0 aromatic heterocycles. The van der Waals surface area contributed by atoms with Crippen LogP contribution >= 0.6 is 0 Å². The van der Waals surface area contributed by atoms with Gasteiger partial charge in [0.05, 0.1) is 12.0 Å². The van der Waals surface area contributed by atoms with Gasteiger partial charge in [0.15, 0.2) is 0 Å². The lowest BCUT2D eigenvalue weighted by atomic mass is 9.75. The molecule has 3 rings (SSSR count). The van der Waals surface area contributed by atoms with Gasteiger partial charge in [-0.15, -0.1) is 0 Å². The molecule has 2 aromatic rings. The standard InChI is InChI=1S/C23H26N2O2/c1-17(2)13-14-23(15-21(26)24-3)19-11-7-8-12-20(19)25(22(23)27)16-18-9-5-4-6-10-18/h4-13H,14-16H2,1-3H3,(H,24,26). The normalized spacial score (nSPS) is 18.2. The van der Waals surface area contributed by atoms with Crippen molar-refractivity contribution in [2.45, 2.75) is 38.6 Å². The number of nitrogens with one attached hydrogen (secondary N) is 1. The number of hydrogen-bond donors (Lipinski definition) is 1. The van der Waals surface area contributed by atoms with Gasteiger partial charge in [-0.25, -0.2) is 0 Å². The van der Waals surface area contributed by atoms with Gasteiger partial charge in [0.2, 0.25) is 11.8 Å². The van der Waals surface area contributed by atoms with Crippen molar-refractivity contribution in [1.82, 2.24) is 5.32 Å². The summed E-state index contributed by atoms with van der Waals surface area (Å²) < 4.78 is 0. The summed E-state index contributed by atoms with van der Waals surface area (Å²) in [6.07, 6.45) is 2.72. The average Bonchev–Trinajstić information content (AvgIpc) is 2.90. The molecule has 0 aliphatic carbocycles. The largest absolute Gasteiger partial charge is 0.359 e. The maximum absolute atomic E-state index is 13.7. The van der Waals surface area contributed by atoms with E-state index >= 15 is 0 Å². The maximum atomic E-state index is 13.7. The molecule has 1 aliphatic rings. The number of anilines is 1. The maximum Gasteiger partial charge on any atom is 0.238 e. The van der Waals surface area contributed by atoms with E-state index in [0.717, 1.165) is 22.4 Å². The van der Waals surface area contributed by atoms with Gasteiger partial charge in [-0.1, -0.05) is 60.2 Å². The fourth-order valence-corrected chi connectivity index (χ4v) is 3.70. The smallest absolute Gasteiger partial charge is 0.238 e. The van der Waals surface area contributed by atoms with Gasteiger partial charge < -0.3 is 10.2 Å². The van der Waals surface area contributed by atoms with Crippen LogP contribution in [0.4, 0.5) is 5.69 Å². The van der Waals surface area contributed by atoms with E-state index in [1.54, 1.807) is 7.05 Å². The molecule has 2 aromatic carbocycles. The fraction of sp³-hybridized carbons (Fsp3) is 0.304. The van der Waals surface area contributed by atoms with Gasteiger partial charge >= 0.3 is 0 Å². The van der Waals surface area contributed by atoms with Crippen LogP contribution in [0.15, 0.2) is 66.2 Å². The van der Waals surface area contributed by atoms with E-state index in [4.69, 9.17) is 0 Å². The van der Waals surface area contributed by atoms with Crippen LogP contribution in [-0.2, 0) is 21.5 Å². The van der Waals surface area contributed by atoms with E-state index < -0.39 is 5.41 Å². The van der Waals surface area contributed by atoms with Gasteiger partial charge in [-0.05, 0) is 37.5 Å². The summed E-state index contributed by atoms with van der Waals surface area (Å²) in [6, 6.07) is 17.8. The van der Waals surface area contributed by atoms with Crippen LogP contribution in [0.3, 0.4) is 0 Å². The SMILES string of the molecule is CNC(=O)CC1(CC=C(C)C)C(=O)N(Cc2ccccc2)c2ccccc21. The highest BCUT2D eigenvalue weighted by Crippen LogP contribution is 2.47. The number of fused-ring (bicyclic) bond motifs is 1. The van der Waals surface area contributed by atoms with Gasteiger partial charge in [0, 0.05) is 19.2 Å². The molecule has 4 nitrogen and oxygen atoms in total. The molecule has 4 heteroatoms. The van der Waals surface area contributed by atoms with Crippen LogP contribution in [0.5, 0.6) is 0 Å². The predicted molar refractivity (Wildman–Crippen MR) is 108 cm³/mol. The number of para-hydroxylation sites is 1. The zero-order valence-corrected chi connectivity index (χ0v) is 16.2. The van der Waals surface area contributed by atoms with Crippen molar-refractivity contribution in [2.75, 3.05) is 11.9 Å². The highest BCUT2D eigenvalue weighted by atomic mass is 16.2. The van der Waals surface area contributed by atoms with E-state index in [9.17, 15) is 9.59 Å². The van der Waals surface area contributed by atoms with E-state index in [1.165, 1.54) is 0 Å². The number of benzene rings is 2. The van der Waals surface area contributed by atoms with E-state index in [2.05, 4.69) is 11.4 Å². The minimum atomic E-state index is -0.858. The van der Waals surface area contributed by atoms with Crippen LogP contribution in [-0.4, -0.2) is 18.9 Å². The lowest BCUT2D eigenvalue weighted by Gasteiger charge is -2.27. The highest BCUT2D eigenvalue weighted by Gasteiger charge is 2.51. The molecule has 140 valence electrons. The first kappa shape index (κ1) is 18.9. The Morgan fingerprint density at radius 1 is 1.07 bits per heavy atom. The summed E-state index contributed by atoms with van der Waals surface area (Å²) in [7, 11) is 1.62. The Kier molecular flexibility index (Phi) is 5.45. The molecule has 27 heavy (non-hydrogen) atoms. The summed E-state index contributed by atoms with van der Waals surface area (Å²) in [5.41, 5.74) is 3.18. The van der Waals surface area contributed by atoms with E-state index in [-0.39, 0.29) is 18.2 Å². The predicted octanol–water partition coefficient (Wildman–Crippen LogP) is 3.96. The van der Waals surface area contributed by atoms with Crippen LogP contribution in [0.1, 0.15) is 37.8 Å². The molecule has 0 bridgehead atoms. The highest BCUT2D eigenvalue weighted by molar-refractivity contribution is 6.10. The molecule has 1 aliphatic heterocycles. The second kappa shape index (κ2) is 7.78. The number of carbonyl (C=O) groups is 2. The minimum absolute atomic E-state index is 0.00588. The Hall–Kier alpha value is -2.88.